The van der Waals surface area contributed by atoms with E-state index in [1.54, 1.807) is 12.1 Å². The molecule has 0 fully saturated rings. The molecule has 5 aromatic rings. The summed E-state index contributed by atoms with van der Waals surface area (Å²) in [6, 6.07) is 9.58. The Morgan fingerprint density at radius 2 is 1.98 bits per heavy atom. The molecule has 0 saturated carbocycles. The molecule has 1 radical (unpaired) electrons. The first-order valence-corrected chi connectivity index (χ1v) is 11.7. The maximum absolute atomic E-state index is 14.9. The number of aromatic amines is 1. The molecule has 5 rings (SSSR count). The van der Waals surface area contributed by atoms with Gasteiger partial charge >= 0.3 is 6.03 Å². The number of amides is 2. The zero-order valence-corrected chi connectivity index (χ0v) is 24.5. The van der Waals surface area contributed by atoms with Crippen LogP contribution in [-0.4, -0.2) is 36.0 Å². The number of hydrogen-bond donors (Lipinski definition) is 4. The van der Waals surface area contributed by atoms with Crippen molar-refractivity contribution in [2.45, 2.75) is 26.2 Å². The number of H-pyrrole nitrogens is 1. The van der Waals surface area contributed by atoms with Crippen LogP contribution in [0.2, 0.25) is 0 Å². The van der Waals surface area contributed by atoms with Crippen LogP contribution in [0.15, 0.2) is 65.8 Å². The van der Waals surface area contributed by atoms with E-state index in [1.807, 2.05) is 20.8 Å². The van der Waals surface area contributed by atoms with Crippen LogP contribution in [-0.2, 0) is 38.1 Å². The first-order chi connectivity index (χ1) is 18.6. The zero-order valence-electron chi connectivity index (χ0n) is 21.6. The third kappa shape index (κ3) is 6.32. The average molecular weight is 619 g/mol. The number of anilines is 2. The summed E-state index contributed by atoms with van der Waals surface area (Å²) in [7, 11) is 0. The Balaban J connectivity index is 0.00000370. The van der Waals surface area contributed by atoms with Gasteiger partial charge in [0.05, 0.1) is 17.6 Å². The van der Waals surface area contributed by atoms with Crippen LogP contribution in [0.25, 0.3) is 16.9 Å². The van der Waals surface area contributed by atoms with E-state index in [-0.39, 0.29) is 61.0 Å². The molecule has 4 N–H and O–H groups in total. The third-order valence-corrected chi connectivity index (χ3v) is 5.55. The number of hydrogen-bond acceptors (Lipinski definition) is 7. The van der Waals surface area contributed by atoms with Crippen molar-refractivity contribution >= 4 is 28.7 Å². The van der Waals surface area contributed by atoms with Crippen LogP contribution in [0.5, 0.6) is 11.5 Å². The number of carbonyl (C=O) groups is 1. The van der Waals surface area contributed by atoms with Crippen LogP contribution >= 0.6 is 0 Å². The number of benzene rings is 1. The summed E-state index contributed by atoms with van der Waals surface area (Å²) in [5, 5.41) is 19.3. The number of rotatable bonds is 5. The second kappa shape index (κ2) is 11.5. The molecule has 2 amide bonds. The number of nitrogens with zero attached hydrogens (tertiary/aromatic N) is 5. The molecule has 4 aromatic heterocycles. The molecule has 0 saturated heterocycles. The maximum Gasteiger partial charge on any atom is 0.324 e. The number of urea groups is 1. The van der Waals surface area contributed by atoms with E-state index in [2.05, 4.69) is 36.9 Å². The number of aromatic nitrogens is 6. The molecule has 0 spiro atoms. The topological polar surface area (TPSA) is 151 Å². The molecule has 201 valence electrons. The summed E-state index contributed by atoms with van der Waals surface area (Å²) < 4.78 is 22.9. The normalized spacial score (nSPS) is 11.1. The minimum atomic E-state index is -0.739. The van der Waals surface area contributed by atoms with E-state index in [9.17, 15) is 19.2 Å². The summed E-state index contributed by atoms with van der Waals surface area (Å²) in [5.41, 5.74) is 0.960. The Morgan fingerprint density at radius 3 is 2.67 bits per heavy atom. The zero-order chi connectivity index (χ0) is 27.7. The van der Waals surface area contributed by atoms with Gasteiger partial charge in [0.1, 0.15) is 29.1 Å². The molecular weight excluding hydrogens is 596 g/mol. The van der Waals surface area contributed by atoms with Gasteiger partial charge in [-0.05, 0) is 17.8 Å². The quantitative estimate of drug-likeness (QED) is 0.133. The monoisotopic (exact) mass is 619 g/mol. The molecular formula is C26H23FN8O4Y. The standard InChI is InChI=1S/C26H23FN8O4.Y/c1-26(2,3)20-13-21(35(33-20)15-7-10-34(38)11-8-15)31-25(37)30-18-5-4-16(12-17(18)27)39-19-6-9-28-24-23(19)29-14-22(36)32-24;/h4-10,12-14,38H,1-3H3,(H,28,32,36)(H2,30,31,37);. The first kappa shape index (κ1) is 28.8. The summed E-state index contributed by atoms with van der Waals surface area (Å²) >= 11 is 0. The molecule has 40 heavy (non-hydrogen) atoms. The predicted octanol–water partition coefficient (Wildman–Crippen LogP) is 3.70. The fourth-order valence-corrected chi connectivity index (χ4v) is 3.60. The smallest absolute Gasteiger partial charge is 0.324 e. The third-order valence-electron chi connectivity index (χ3n) is 5.55. The molecule has 0 aliphatic rings. The minimum absolute atomic E-state index is 0. The van der Waals surface area contributed by atoms with E-state index in [1.165, 1.54) is 41.3 Å². The van der Waals surface area contributed by atoms with Crippen molar-refractivity contribution in [1.82, 2.24) is 24.7 Å². The van der Waals surface area contributed by atoms with Crippen LogP contribution < -0.4 is 25.7 Å². The molecule has 0 aliphatic carbocycles. The van der Waals surface area contributed by atoms with Crippen LogP contribution in [0.1, 0.15) is 26.5 Å². The van der Waals surface area contributed by atoms with Gasteiger partial charge in [-0.1, -0.05) is 32.9 Å². The van der Waals surface area contributed by atoms with Crippen molar-refractivity contribution in [3.05, 3.63) is 89.1 Å². The molecule has 12 nitrogen and oxygen atoms in total. The van der Waals surface area contributed by atoms with Crippen molar-refractivity contribution in [3.8, 4) is 17.2 Å². The number of halogens is 1. The van der Waals surface area contributed by atoms with E-state index in [0.717, 1.165) is 17.0 Å². The Kier molecular flexibility index (Phi) is 8.26. The van der Waals surface area contributed by atoms with Gasteiger partial charge in [-0.3, -0.25) is 14.8 Å². The van der Waals surface area contributed by atoms with Crippen LogP contribution in [0, 0.1) is 12.0 Å². The van der Waals surface area contributed by atoms with Gasteiger partial charge in [0.2, 0.25) is 0 Å². The SMILES string of the molecule is CC(C)(C)c1cc(NC(=O)Nc2ccc(Oc3ccnc4[nH]c(=O)cnc34)cc2F)n(-c2c[c-][n+](O)cc2)n1.[Y]. The van der Waals surface area contributed by atoms with Crippen LogP contribution in [0.3, 0.4) is 0 Å². The van der Waals surface area contributed by atoms with Gasteiger partial charge in [0.25, 0.3) is 5.56 Å². The van der Waals surface area contributed by atoms with Gasteiger partial charge in [-0.2, -0.15) is 5.10 Å². The van der Waals surface area contributed by atoms with Gasteiger partial charge in [-0.15, -0.1) is 4.73 Å². The van der Waals surface area contributed by atoms with E-state index >= 15 is 0 Å². The fourth-order valence-electron chi connectivity index (χ4n) is 3.60. The predicted molar refractivity (Wildman–Crippen MR) is 138 cm³/mol. The van der Waals surface area contributed by atoms with Crippen molar-refractivity contribution < 1.29 is 56.6 Å². The largest absolute Gasteiger partial charge is 0.455 e. The van der Waals surface area contributed by atoms with E-state index in [4.69, 9.17) is 4.74 Å². The molecule has 0 atom stereocenters. The number of pyridine rings is 2. The summed E-state index contributed by atoms with van der Waals surface area (Å²) in [5.74, 6) is 0.00334. The first-order valence-electron chi connectivity index (χ1n) is 11.7. The van der Waals surface area contributed by atoms with Gasteiger partial charge < -0.3 is 20.2 Å². The molecule has 4 heterocycles. The fraction of sp³-hybridized carbons (Fsp3) is 0.154. The van der Waals surface area contributed by atoms with Crippen molar-refractivity contribution in [1.29, 1.82) is 0 Å². The van der Waals surface area contributed by atoms with Gasteiger partial charge in [0, 0.05) is 62.5 Å². The van der Waals surface area contributed by atoms with Crippen molar-refractivity contribution in [3.63, 3.8) is 0 Å². The minimum Gasteiger partial charge on any atom is -0.455 e. The summed E-state index contributed by atoms with van der Waals surface area (Å²) in [6.07, 6.45) is 6.51. The Labute approximate surface area is 252 Å². The summed E-state index contributed by atoms with van der Waals surface area (Å²) in [6.45, 7) is 5.93. The maximum atomic E-state index is 14.9. The molecule has 1 aromatic carbocycles. The average Bonchev–Trinajstić information content (AvgIpc) is 3.30. The molecule has 0 unspecified atom stereocenters. The van der Waals surface area contributed by atoms with Gasteiger partial charge in [0.15, 0.2) is 17.6 Å². The van der Waals surface area contributed by atoms with Crippen LogP contribution in [0.4, 0.5) is 20.7 Å². The summed E-state index contributed by atoms with van der Waals surface area (Å²) in [4.78, 5) is 34.9. The molecule has 0 bridgehead atoms. The number of fused-ring (bicyclic) bond motifs is 1. The second-order valence-corrected chi connectivity index (χ2v) is 9.51. The van der Waals surface area contributed by atoms with Gasteiger partial charge in [-0.25, -0.2) is 19.2 Å². The Hall–Kier alpha value is -4.23. The van der Waals surface area contributed by atoms with E-state index in [0.29, 0.717) is 22.7 Å². The second-order valence-electron chi connectivity index (χ2n) is 9.51. The molecule has 0 aliphatic heterocycles. The number of ether oxygens (including phenoxy) is 1. The number of carbonyl (C=O) groups excluding carboxylic acids is 1. The van der Waals surface area contributed by atoms with Crippen molar-refractivity contribution in [2.75, 3.05) is 10.6 Å². The Bertz CT molecular complexity index is 1750. The molecule has 14 heteroatoms. The van der Waals surface area contributed by atoms with E-state index < -0.39 is 17.4 Å². The Morgan fingerprint density at radius 1 is 1.18 bits per heavy atom. The number of nitrogens with one attached hydrogen (secondary N) is 3. The van der Waals surface area contributed by atoms with Crippen molar-refractivity contribution in [2.24, 2.45) is 0 Å².